The number of thiophene rings is 1. The van der Waals surface area contributed by atoms with Gasteiger partial charge in [0, 0.05) is 50.0 Å². The maximum absolute atomic E-state index is 13.0. The number of nitrogens with one attached hydrogen (secondary N) is 1. The molecule has 1 aliphatic heterocycles. The van der Waals surface area contributed by atoms with Crippen LogP contribution < -0.4 is 10.2 Å². The Kier molecular flexibility index (Phi) is 6.71. The third kappa shape index (κ3) is 4.81. The first-order valence-corrected chi connectivity index (χ1v) is 12.7. The average Bonchev–Trinajstić information content (AvgIpc) is 3.42. The molecule has 2 aromatic heterocycles. The van der Waals surface area contributed by atoms with Gasteiger partial charge in [0.1, 0.15) is 4.83 Å². The molecule has 1 radical (unpaired) electrons. The average molecular weight is 464 g/mol. The van der Waals surface area contributed by atoms with Gasteiger partial charge in [-0.15, -0.1) is 11.3 Å². The highest BCUT2D eigenvalue weighted by Crippen LogP contribution is 2.35. The molecule has 1 N–H and O–H groups in total. The third-order valence-electron chi connectivity index (χ3n) is 6.77. The van der Waals surface area contributed by atoms with Crippen LogP contribution in [0.3, 0.4) is 0 Å². The van der Waals surface area contributed by atoms with E-state index in [1.807, 2.05) is 25.1 Å². The van der Waals surface area contributed by atoms with Gasteiger partial charge in [-0.25, -0.2) is 0 Å². The number of carbonyl (C=O) groups excluding carboxylic acids is 1. The molecule has 1 amide bonds. The standard InChI is InChI=1S/C24H31BN5O2S/c1-17-21-16-22(33-24(21)30(27-17)20-6-4-3-5-7-20)23(31)26-18-8-10-19(11-9-18)28-12-14-29(15-13-28)25-32-2/h8-11,16,20H,3-7,12-15H2,1-2H3,(H,26,31). The first-order valence-electron chi connectivity index (χ1n) is 11.9. The normalized spacial score (nSPS) is 18.1. The van der Waals surface area contributed by atoms with Crippen molar-refractivity contribution in [2.24, 2.45) is 0 Å². The monoisotopic (exact) mass is 464 g/mol. The molecule has 2 aliphatic rings. The molecule has 173 valence electrons. The van der Waals surface area contributed by atoms with Gasteiger partial charge in [0.15, 0.2) is 0 Å². The number of hydrogen-bond acceptors (Lipinski definition) is 6. The van der Waals surface area contributed by atoms with Gasteiger partial charge in [0.25, 0.3) is 5.91 Å². The van der Waals surface area contributed by atoms with E-state index in [0.717, 1.165) is 52.7 Å². The number of amides is 1. The first kappa shape index (κ1) is 22.4. The second-order valence-electron chi connectivity index (χ2n) is 9.02. The van der Waals surface area contributed by atoms with Crippen LogP contribution in [0.4, 0.5) is 11.4 Å². The zero-order chi connectivity index (χ0) is 22.8. The Morgan fingerprint density at radius 1 is 1.12 bits per heavy atom. The van der Waals surface area contributed by atoms with Crippen LogP contribution in [0.5, 0.6) is 0 Å². The third-order valence-corrected chi connectivity index (χ3v) is 7.89. The topological polar surface area (TPSA) is 62.6 Å². The van der Waals surface area contributed by atoms with Crippen molar-refractivity contribution in [2.45, 2.75) is 45.1 Å². The predicted molar refractivity (Wildman–Crippen MR) is 135 cm³/mol. The lowest BCUT2D eigenvalue weighted by Crippen LogP contribution is -2.48. The molecule has 7 nitrogen and oxygen atoms in total. The molecular formula is C24H31BN5O2S. The van der Waals surface area contributed by atoms with E-state index < -0.39 is 0 Å². The number of aromatic nitrogens is 2. The van der Waals surface area contributed by atoms with Crippen LogP contribution in [-0.4, -0.2) is 61.4 Å². The molecule has 0 atom stereocenters. The van der Waals surface area contributed by atoms with Gasteiger partial charge >= 0.3 is 7.62 Å². The van der Waals surface area contributed by atoms with Crippen LogP contribution in [0.1, 0.15) is 53.5 Å². The Balaban J connectivity index is 1.25. The second-order valence-corrected chi connectivity index (χ2v) is 10.0. The number of aryl methyl sites for hydroxylation is 1. The predicted octanol–water partition coefficient (Wildman–Crippen LogP) is 4.47. The maximum Gasteiger partial charge on any atom is 0.398 e. The zero-order valence-electron chi connectivity index (χ0n) is 19.4. The van der Waals surface area contributed by atoms with E-state index in [1.54, 1.807) is 26.1 Å². The minimum atomic E-state index is -0.0535. The van der Waals surface area contributed by atoms with Gasteiger partial charge in [-0.1, -0.05) is 19.3 Å². The fourth-order valence-corrected chi connectivity index (χ4v) is 6.07. The molecule has 2 fully saturated rings. The number of fused-ring (bicyclic) bond motifs is 1. The molecule has 5 rings (SSSR count). The van der Waals surface area contributed by atoms with Crippen LogP contribution in [0.25, 0.3) is 10.2 Å². The first-order chi connectivity index (χ1) is 16.1. The van der Waals surface area contributed by atoms with Crippen molar-refractivity contribution in [1.82, 2.24) is 14.6 Å². The highest BCUT2D eigenvalue weighted by Gasteiger charge is 2.23. The lowest BCUT2D eigenvalue weighted by molar-refractivity contribution is 0.103. The van der Waals surface area contributed by atoms with Gasteiger partial charge in [0.05, 0.1) is 16.6 Å². The van der Waals surface area contributed by atoms with Crippen LogP contribution in [0.15, 0.2) is 30.3 Å². The molecule has 3 heterocycles. The summed E-state index contributed by atoms with van der Waals surface area (Å²) < 4.78 is 7.29. The highest BCUT2D eigenvalue weighted by molar-refractivity contribution is 7.20. The molecule has 3 aromatic rings. The van der Waals surface area contributed by atoms with Gasteiger partial charge in [-0.05, 0) is 50.1 Å². The van der Waals surface area contributed by atoms with E-state index in [-0.39, 0.29) is 5.91 Å². The van der Waals surface area contributed by atoms with Gasteiger partial charge in [-0.3, -0.25) is 9.48 Å². The molecule has 0 spiro atoms. The Morgan fingerprint density at radius 3 is 2.55 bits per heavy atom. The molecule has 1 aromatic carbocycles. The SMILES string of the molecule is CO[B]N1CCN(c2ccc(NC(=O)c3cc4c(C)nn(C5CCCCC5)c4s3)cc2)CC1. The van der Waals surface area contributed by atoms with Crippen molar-refractivity contribution in [3.63, 3.8) is 0 Å². The summed E-state index contributed by atoms with van der Waals surface area (Å²) in [7, 11) is 3.48. The van der Waals surface area contributed by atoms with E-state index in [2.05, 4.69) is 31.8 Å². The van der Waals surface area contributed by atoms with E-state index >= 15 is 0 Å². The number of piperazine rings is 1. The minimum Gasteiger partial charge on any atom is -0.427 e. The largest absolute Gasteiger partial charge is 0.427 e. The lowest BCUT2D eigenvalue weighted by atomic mass is 9.96. The summed E-state index contributed by atoms with van der Waals surface area (Å²) in [6.07, 6.45) is 6.21. The zero-order valence-corrected chi connectivity index (χ0v) is 20.2. The van der Waals surface area contributed by atoms with E-state index in [4.69, 9.17) is 9.75 Å². The van der Waals surface area contributed by atoms with Crippen molar-refractivity contribution in [1.29, 1.82) is 0 Å². The summed E-state index contributed by atoms with van der Waals surface area (Å²) >= 11 is 1.56. The van der Waals surface area contributed by atoms with Gasteiger partial charge in [0.2, 0.25) is 0 Å². The maximum atomic E-state index is 13.0. The molecular weight excluding hydrogens is 433 g/mol. The Hall–Kier alpha value is -2.36. The molecule has 33 heavy (non-hydrogen) atoms. The van der Waals surface area contributed by atoms with Crippen molar-refractivity contribution in [3.05, 3.63) is 40.9 Å². The number of anilines is 2. The molecule has 0 unspecified atom stereocenters. The van der Waals surface area contributed by atoms with Crippen molar-refractivity contribution >= 4 is 46.5 Å². The van der Waals surface area contributed by atoms with Crippen molar-refractivity contribution < 1.29 is 9.45 Å². The van der Waals surface area contributed by atoms with Crippen molar-refractivity contribution in [2.75, 3.05) is 43.5 Å². The summed E-state index contributed by atoms with van der Waals surface area (Å²) in [6, 6.07) is 10.6. The Morgan fingerprint density at radius 2 is 1.85 bits per heavy atom. The number of carbonyl (C=O) groups is 1. The summed E-state index contributed by atoms with van der Waals surface area (Å²) in [5, 5.41) is 8.99. The molecule has 0 bridgehead atoms. The van der Waals surface area contributed by atoms with E-state index in [0.29, 0.717) is 6.04 Å². The Bertz CT molecular complexity index is 1100. The molecule has 1 saturated heterocycles. The molecule has 1 aliphatic carbocycles. The Labute approximate surface area is 200 Å². The highest BCUT2D eigenvalue weighted by atomic mass is 32.1. The molecule has 9 heteroatoms. The lowest BCUT2D eigenvalue weighted by Gasteiger charge is -2.35. The van der Waals surface area contributed by atoms with Crippen LogP contribution in [-0.2, 0) is 4.65 Å². The summed E-state index contributed by atoms with van der Waals surface area (Å²) in [6.45, 7) is 5.82. The number of nitrogens with zero attached hydrogens (tertiary/aromatic N) is 4. The fraction of sp³-hybridized carbons (Fsp3) is 0.500. The smallest absolute Gasteiger partial charge is 0.398 e. The van der Waals surface area contributed by atoms with Gasteiger partial charge in [-0.2, -0.15) is 5.10 Å². The quantitative estimate of drug-likeness (QED) is 0.546. The van der Waals surface area contributed by atoms with Crippen LogP contribution in [0, 0.1) is 6.92 Å². The van der Waals surface area contributed by atoms with Crippen LogP contribution >= 0.6 is 11.3 Å². The summed E-state index contributed by atoms with van der Waals surface area (Å²) in [5.41, 5.74) is 3.01. The summed E-state index contributed by atoms with van der Waals surface area (Å²) in [5.74, 6) is -0.0535. The minimum absolute atomic E-state index is 0.0535. The molecule has 1 saturated carbocycles. The number of benzene rings is 1. The van der Waals surface area contributed by atoms with E-state index in [1.165, 1.54) is 37.8 Å². The van der Waals surface area contributed by atoms with Crippen molar-refractivity contribution in [3.8, 4) is 0 Å². The number of hydrogen-bond donors (Lipinski definition) is 1. The fourth-order valence-electron chi connectivity index (χ4n) is 4.94. The summed E-state index contributed by atoms with van der Waals surface area (Å²) in [4.78, 5) is 19.4. The van der Waals surface area contributed by atoms with Crippen LogP contribution in [0.2, 0.25) is 0 Å². The second kappa shape index (κ2) is 9.87. The number of rotatable bonds is 6. The van der Waals surface area contributed by atoms with Gasteiger partial charge < -0.3 is 19.7 Å². The van der Waals surface area contributed by atoms with E-state index in [9.17, 15) is 4.79 Å².